The molecular weight excluding hydrogens is 426 g/mol. The number of anilines is 1. The van der Waals surface area contributed by atoms with Crippen LogP contribution in [0.25, 0.3) is 10.3 Å². The van der Waals surface area contributed by atoms with E-state index in [2.05, 4.69) is 15.3 Å². The number of carbonyl (C=O) groups is 1. The van der Waals surface area contributed by atoms with E-state index in [4.69, 9.17) is 4.74 Å². The summed E-state index contributed by atoms with van der Waals surface area (Å²) in [5.41, 5.74) is 2.21. The number of ether oxygens (including phenoxy) is 1. The van der Waals surface area contributed by atoms with E-state index in [0.29, 0.717) is 28.6 Å². The SMILES string of the molecule is COc1ccc(CNC(=O)Cn2cnc3nc(N(C)Cc4ccccc4)sc3c2=O)cc1. The molecule has 4 rings (SSSR count). The van der Waals surface area contributed by atoms with E-state index < -0.39 is 0 Å². The summed E-state index contributed by atoms with van der Waals surface area (Å²) in [6.45, 7) is 0.926. The van der Waals surface area contributed by atoms with Gasteiger partial charge in [-0.3, -0.25) is 14.2 Å². The number of benzene rings is 2. The number of hydrogen-bond donors (Lipinski definition) is 1. The Bertz CT molecular complexity index is 1270. The Hall–Kier alpha value is -3.72. The van der Waals surface area contributed by atoms with Crippen LogP contribution in [0.5, 0.6) is 5.75 Å². The van der Waals surface area contributed by atoms with Gasteiger partial charge in [-0.25, -0.2) is 4.98 Å². The third kappa shape index (κ3) is 4.94. The Balaban J connectivity index is 1.43. The summed E-state index contributed by atoms with van der Waals surface area (Å²) in [6.07, 6.45) is 1.37. The number of methoxy groups -OCH3 is 1. The highest BCUT2D eigenvalue weighted by atomic mass is 32.1. The highest BCUT2D eigenvalue weighted by Gasteiger charge is 2.15. The van der Waals surface area contributed by atoms with Crippen molar-refractivity contribution < 1.29 is 9.53 Å². The number of nitrogens with zero attached hydrogens (tertiary/aromatic N) is 4. The van der Waals surface area contributed by atoms with Gasteiger partial charge in [-0.15, -0.1) is 0 Å². The summed E-state index contributed by atoms with van der Waals surface area (Å²) < 4.78 is 6.87. The number of nitrogens with one attached hydrogen (secondary N) is 1. The first-order valence-corrected chi connectivity index (χ1v) is 10.9. The van der Waals surface area contributed by atoms with Gasteiger partial charge >= 0.3 is 0 Å². The molecule has 2 heterocycles. The van der Waals surface area contributed by atoms with E-state index >= 15 is 0 Å². The molecule has 1 amide bonds. The number of aromatic nitrogens is 3. The lowest BCUT2D eigenvalue weighted by Gasteiger charge is -2.15. The van der Waals surface area contributed by atoms with E-state index in [1.165, 1.54) is 22.2 Å². The Morgan fingerprint density at radius 3 is 2.59 bits per heavy atom. The normalized spacial score (nSPS) is 10.8. The average molecular weight is 450 g/mol. The average Bonchev–Trinajstić information content (AvgIpc) is 3.26. The van der Waals surface area contributed by atoms with Crippen molar-refractivity contribution in [2.75, 3.05) is 19.1 Å². The van der Waals surface area contributed by atoms with Crippen molar-refractivity contribution in [2.24, 2.45) is 0 Å². The summed E-state index contributed by atoms with van der Waals surface area (Å²) in [5.74, 6) is 0.486. The minimum atomic E-state index is -0.272. The summed E-state index contributed by atoms with van der Waals surface area (Å²) in [5, 5.41) is 3.53. The van der Waals surface area contributed by atoms with Gasteiger partial charge in [0.1, 0.15) is 23.3 Å². The first-order chi connectivity index (χ1) is 15.5. The van der Waals surface area contributed by atoms with Crippen LogP contribution < -0.4 is 20.5 Å². The monoisotopic (exact) mass is 449 g/mol. The van der Waals surface area contributed by atoms with Crippen LogP contribution >= 0.6 is 11.3 Å². The molecule has 0 radical (unpaired) electrons. The molecule has 4 aromatic rings. The first kappa shape index (κ1) is 21.5. The van der Waals surface area contributed by atoms with Gasteiger partial charge in [0.15, 0.2) is 10.8 Å². The predicted molar refractivity (Wildman–Crippen MR) is 125 cm³/mol. The van der Waals surface area contributed by atoms with Crippen molar-refractivity contribution in [3.05, 3.63) is 82.4 Å². The molecule has 0 saturated heterocycles. The van der Waals surface area contributed by atoms with E-state index in [1.54, 1.807) is 7.11 Å². The van der Waals surface area contributed by atoms with Gasteiger partial charge in [0, 0.05) is 20.1 Å². The van der Waals surface area contributed by atoms with E-state index in [0.717, 1.165) is 16.9 Å². The number of hydrogen-bond acceptors (Lipinski definition) is 7. The summed E-state index contributed by atoms with van der Waals surface area (Å²) >= 11 is 1.28. The molecule has 1 N–H and O–H groups in total. The number of rotatable bonds is 8. The highest BCUT2D eigenvalue weighted by Crippen LogP contribution is 2.25. The maximum absolute atomic E-state index is 12.9. The van der Waals surface area contributed by atoms with Gasteiger partial charge in [-0.05, 0) is 23.3 Å². The van der Waals surface area contributed by atoms with Crippen LogP contribution in [0.4, 0.5) is 5.13 Å². The molecule has 0 saturated carbocycles. The summed E-state index contributed by atoms with van der Waals surface area (Å²) in [7, 11) is 3.53. The van der Waals surface area contributed by atoms with E-state index in [9.17, 15) is 9.59 Å². The number of fused-ring (bicyclic) bond motifs is 1. The van der Waals surface area contributed by atoms with Crippen molar-refractivity contribution in [1.82, 2.24) is 19.9 Å². The molecule has 164 valence electrons. The fourth-order valence-corrected chi connectivity index (χ4v) is 4.12. The molecule has 0 spiro atoms. The zero-order valence-corrected chi connectivity index (χ0v) is 18.6. The molecule has 0 unspecified atom stereocenters. The molecule has 0 aliphatic heterocycles. The lowest BCUT2D eigenvalue weighted by Crippen LogP contribution is -2.31. The zero-order valence-electron chi connectivity index (χ0n) is 17.8. The van der Waals surface area contributed by atoms with Crippen molar-refractivity contribution in [2.45, 2.75) is 19.6 Å². The topological polar surface area (TPSA) is 89.3 Å². The third-order valence-electron chi connectivity index (χ3n) is 4.92. The van der Waals surface area contributed by atoms with Crippen LogP contribution in [0.15, 0.2) is 65.7 Å². The molecule has 32 heavy (non-hydrogen) atoms. The second-order valence-electron chi connectivity index (χ2n) is 7.29. The molecule has 8 nitrogen and oxygen atoms in total. The molecular formula is C23H23N5O3S. The van der Waals surface area contributed by atoms with Gasteiger partial charge in [0.05, 0.1) is 7.11 Å². The Morgan fingerprint density at radius 1 is 1.12 bits per heavy atom. The Morgan fingerprint density at radius 2 is 1.88 bits per heavy atom. The highest BCUT2D eigenvalue weighted by molar-refractivity contribution is 7.22. The summed E-state index contributed by atoms with van der Waals surface area (Å²) in [6, 6.07) is 17.5. The molecule has 0 atom stereocenters. The van der Waals surface area contributed by atoms with Gasteiger partial charge in [-0.2, -0.15) is 4.98 Å². The minimum Gasteiger partial charge on any atom is -0.497 e. The second kappa shape index (κ2) is 9.61. The van der Waals surface area contributed by atoms with Gasteiger partial charge < -0.3 is 15.0 Å². The van der Waals surface area contributed by atoms with Crippen LogP contribution in [0.1, 0.15) is 11.1 Å². The lowest BCUT2D eigenvalue weighted by molar-refractivity contribution is -0.121. The molecule has 2 aromatic heterocycles. The fourth-order valence-electron chi connectivity index (χ4n) is 3.19. The minimum absolute atomic E-state index is 0.106. The standard InChI is InChI=1S/C23H23N5O3S/c1-27(13-17-6-4-3-5-7-17)23-26-21-20(32-23)22(30)28(15-25-21)14-19(29)24-12-16-8-10-18(31-2)11-9-16/h3-11,15H,12-14H2,1-2H3,(H,24,29). The van der Waals surface area contributed by atoms with Crippen molar-refractivity contribution in [1.29, 1.82) is 0 Å². The quantitative estimate of drug-likeness (QED) is 0.445. The maximum atomic E-state index is 12.9. The fraction of sp³-hybridized carbons (Fsp3) is 0.217. The molecule has 0 bridgehead atoms. The molecule has 0 aliphatic carbocycles. The first-order valence-electron chi connectivity index (χ1n) is 10.0. The maximum Gasteiger partial charge on any atom is 0.273 e. The van der Waals surface area contributed by atoms with Gasteiger partial charge in [0.25, 0.3) is 5.56 Å². The lowest BCUT2D eigenvalue weighted by atomic mass is 10.2. The Kier molecular flexibility index (Phi) is 6.46. The van der Waals surface area contributed by atoms with Crippen LogP contribution in [-0.4, -0.2) is 34.6 Å². The molecule has 2 aromatic carbocycles. The van der Waals surface area contributed by atoms with Gasteiger partial charge in [-0.1, -0.05) is 53.8 Å². The number of carbonyl (C=O) groups excluding carboxylic acids is 1. The zero-order chi connectivity index (χ0) is 22.5. The van der Waals surface area contributed by atoms with Crippen LogP contribution in [0, 0.1) is 0 Å². The van der Waals surface area contributed by atoms with Crippen LogP contribution in [0.2, 0.25) is 0 Å². The van der Waals surface area contributed by atoms with Crippen molar-refractivity contribution >= 4 is 32.7 Å². The third-order valence-corrected chi connectivity index (χ3v) is 6.07. The molecule has 0 fully saturated rings. The number of thiazole rings is 1. The largest absolute Gasteiger partial charge is 0.497 e. The van der Waals surface area contributed by atoms with Crippen molar-refractivity contribution in [3.63, 3.8) is 0 Å². The molecule has 9 heteroatoms. The van der Waals surface area contributed by atoms with Gasteiger partial charge in [0.2, 0.25) is 5.91 Å². The second-order valence-corrected chi connectivity index (χ2v) is 8.27. The van der Waals surface area contributed by atoms with Crippen LogP contribution in [-0.2, 0) is 24.4 Å². The van der Waals surface area contributed by atoms with E-state index in [-0.39, 0.29) is 18.0 Å². The molecule has 0 aliphatic rings. The summed E-state index contributed by atoms with van der Waals surface area (Å²) in [4.78, 5) is 36.0. The smallest absolute Gasteiger partial charge is 0.273 e. The van der Waals surface area contributed by atoms with Crippen LogP contribution in [0.3, 0.4) is 0 Å². The van der Waals surface area contributed by atoms with Crippen molar-refractivity contribution in [3.8, 4) is 5.75 Å². The van der Waals surface area contributed by atoms with E-state index in [1.807, 2.05) is 66.5 Å². The number of amides is 1. The predicted octanol–water partition coefficient (Wildman–Crippen LogP) is 2.81. The Labute approximate surface area is 189 Å².